The van der Waals surface area contributed by atoms with Crippen molar-refractivity contribution in [2.24, 2.45) is 0 Å². The van der Waals surface area contributed by atoms with Gasteiger partial charge in [-0.1, -0.05) is 127 Å². The van der Waals surface area contributed by atoms with E-state index in [0.717, 1.165) is 67.0 Å². The van der Waals surface area contributed by atoms with Crippen molar-refractivity contribution in [2.75, 3.05) is 0 Å². The SMILES string of the molecule is c1ccc(-c2ccc(-c3nc(-c4ccccc4)nc(-c4ccc(-c5cccc(-c6cc(-c7cccnc7)nc(-c7cccnc7)c6)c5)cc4)n3)cc2)cc1. The molecule has 0 saturated carbocycles. The molecule has 0 spiro atoms. The van der Waals surface area contributed by atoms with Crippen molar-refractivity contribution in [1.82, 2.24) is 29.9 Å². The summed E-state index contributed by atoms with van der Waals surface area (Å²) in [4.78, 5) is 28.5. The zero-order valence-corrected chi connectivity index (χ0v) is 29.2. The Morgan fingerprint density at radius 3 is 1.09 bits per heavy atom. The van der Waals surface area contributed by atoms with Crippen molar-refractivity contribution in [3.8, 4) is 90.1 Å². The number of pyridine rings is 3. The molecule has 0 N–H and O–H groups in total. The van der Waals surface area contributed by atoms with Crippen LogP contribution < -0.4 is 0 Å². The second-order valence-corrected chi connectivity index (χ2v) is 12.9. The fraction of sp³-hybridized carbons (Fsp3) is 0. The Bertz CT molecular complexity index is 2610. The standard InChI is InChI=1S/C48H32N6/c1-3-10-33(11-4-1)34-18-22-37(23-19-34)47-52-46(36-12-5-2-6-13-36)53-48(54-47)38-24-20-35(21-25-38)39-14-7-15-40(28-39)43-29-44(41-16-8-26-49-31-41)51-45(30-43)42-17-9-27-50-32-42/h1-32H. The molecule has 4 aromatic heterocycles. The summed E-state index contributed by atoms with van der Waals surface area (Å²) in [7, 11) is 0. The molecule has 0 bridgehead atoms. The minimum atomic E-state index is 0.619. The molecule has 0 aliphatic heterocycles. The first kappa shape index (κ1) is 32.5. The van der Waals surface area contributed by atoms with Gasteiger partial charge in [-0.3, -0.25) is 9.97 Å². The number of rotatable bonds is 8. The van der Waals surface area contributed by atoms with E-state index in [0.29, 0.717) is 17.5 Å². The molecular weight excluding hydrogens is 661 g/mol. The molecule has 6 heteroatoms. The summed E-state index contributed by atoms with van der Waals surface area (Å²) in [5.41, 5.74) is 13.0. The van der Waals surface area contributed by atoms with Crippen LogP contribution in [0.1, 0.15) is 0 Å². The second-order valence-electron chi connectivity index (χ2n) is 12.9. The lowest BCUT2D eigenvalue weighted by Gasteiger charge is -2.12. The first-order chi connectivity index (χ1) is 26.7. The average molecular weight is 693 g/mol. The fourth-order valence-electron chi connectivity index (χ4n) is 6.50. The van der Waals surface area contributed by atoms with E-state index in [1.807, 2.05) is 73.1 Å². The highest BCUT2D eigenvalue weighted by atomic mass is 15.0. The molecule has 9 aromatic rings. The minimum absolute atomic E-state index is 0.619. The van der Waals surface area contributed by atoms with Crippen molar-refractivity contribution >= 4 is 0 Å². The lowest BCUT2D eigenvalue weighted by Crippen LogP contribution is -2.00. The third kappa shape index (κ3) is 6.92. The Kier molecular flexibility index (Phi) is 8.81. The molecule has 0 saturated heterocycles. The summed E-state index contributed by atoms with van der Waals surface area (Å²) in [5, 5.41) is 0. The van der Waals surface area contributed by atoms with Gasteiger partial charge < -0.3 is 0 Å². The molecule has 0 unspecified atom stereocenters. The van der Waals surface area contributed by atoms with Gasteiger partial charge in [-0.25, -0.2) is 19.9 Å². The summed E-state index contributed by atoms with van der Waals surface area (Å²) in [5.74, 6) is 1.88. The first-order valence-electron chi connectivity index (χ1n) is 17.7. The minimum Gasteiger partial charge on any atom is -0.264 e. The smallest absolute Gasteiger partial charge is 0.164 e. The molecule has 0 fully saturated rings. The van der Waals surface area contributed by atoms with E-state index in [1.54, 1.807) is 12.4 Å². The zero-order chi connectivity index (χ0) is 36.1. The predicted octanol–water partition coefficient (Wildman–Crippen LogP) is 11.4. The molecule has 54 heavy (non-hydrogen) atoms. The Balaban J connectivity index is 1.06. The van der Waals surface area contributed by atoms with Gasteiger partial charge in [0.25, 0.3) is 0 Å². The summed E-state index contributed by atoms with van der Waals surface area (Å²) in [6.45, 7) is 0. The summed E-state index contributed by atoms with van der Waals surface area (Å²) >= 11 is 0. The largest absolute Gasteiger partial charge is 0.264 e. The van der Waals surface area contributed by atoms with Gasteiger partial charge >= 0.3 is 0 Å². The van der Waals surface area contributed by atoms with Gasteiger partial charge in [-0.05, 0) is 75.8 Å². The Morgan fingerprint density at radius 2 is 0.611 bits per heavy atom. The molecule has 5 aromatic carbocycles. The highest BCUT2D eigenvalue weighted by Gasteiger charge is 2.14. The van der Waals surface area contributed by atoms with E-state index >= 15 is 0 Å². The maximum Gasteiger partial charge on any atom is 0.164 e. The van der Waals surface area contributed by atoms with Gasteiger partial charge in [0.15, 0.2) is 17.5 Å². The number of nitrogens with zero attached hydrogens (tertiary/aromatic N) is 6. The van der Waals surface area contributed by atoms with Crippen molar-refractivity contribution < 1.29 is 0 Å². The maximum absolute atomic E-state index is 4.99. The topological polar surface area (TPSA) is 77.3 Å². The van der Waals surface area contributed by atoms with Gasteiger partial charge in [0.1, 0.15) is 0 Å². The molecule has 254 valence electrons. The lowest BCUT2D eigenvalue weighted by molar-refractivity contribution is 1.07. The van der Waals surface area contributed by atoms with Crippen LogP contribution in [-0.4, -0.2) is 29.9 Å². The van der Waals surface area contributed by atoms with Crippen molar-refractivity contribution in [3.05, 3.63) is 195 Å². The summed E-state index contributed by atoms with van der Waals surface area (Å²) < 4.78 is 0. The van der Waals surface area contributed by atoms with Crippen LogP contribution >= 0.6 is 0 Å². The van der Waals surface area contributed by atoms with Gasteiger partial charge in [0.2, 0.25) is 0 Å². The highest BCUT2D eigenvalue weighted by Crippen LogP contribution is 2.33. The Labute approximate surface area is 313 Å². The van der Waals surface area contributed by atoms with Crippen LogP contribution in [0, 0.1) is 0 Å². The molecule has 0 radical (unpaired) electrons. The van der Waals surface area contributed by atoms with Crippen LogP contribution in [0.3, 0.4) is 0 Å². The van der Waals surface area contributed by atoms with Gasteiger partial charge in [-0.15, -0.1) is 0 Å². The summed E-state index contributed by atoms with van der Waals surface area (Å²) in [6, 6.07) is 58.0. The van der Waals surface area contributed by atoms with E-state index < -0.39 is 0 Å². The third-order valence-corrected chi connectivity index (χ3v) is 9.33. The highest BCUT2D eigenvalue weighted by molar-refractivity contribution is 5.80. The predicted molar refractivity (Wildman–Crippen MR) is 217 cm³/mol. The zero-order valence-electron chi connectivity index (χ0n) is 29.2. The molecule has 0 amide bonds. The van der Waals surface area contributed by atoms with Gasteiger partial charge in [0, 0.05) is 52.6 Å². The van der Waals surface area contributed by atoms with Crippen molar-refractivity contribution in [3.63, 3.8) is 0 Å². The first-order valence-corrected chi connectivity index (χ1v) is 17.7. The van der Waals surface area contributed by atoms with Crippen LogP contribution in [0.4, 0.5) is 0 Å². The Hall–Kier alpha value is -7.44. The number of hydrogen-bond acceptors (Lipinski definition) is 6. The lowest BCUT2D eigenvalue weighted by atomic mass is 9.96. The van der Waals surface area contributed by atoms with E-state index in [9.17, 15) is 0 Å². The molecule has 6 nitrogen and oxygen atoms in total. The van der Waals surface area contributed by atoms with Crippen LogP contribution in [0.25, 0.3) is 90.1 Å². The van der Waals surface area contributed by atoms with E-state index in [4.69, 9.17) is 19.9 Å². The monoisotopic (exact) mass is 692 g/mol. The number of aromatic nitrogens is 6. The van der Waals surface area contributed by atoms with Crippen LogP contribution in [0.15, 0.2) is 195 Å². The molecule has 4 heterocycles. The second kappa shape index (κ2) is 14.7. The molecule has 9 rings (SSSR count). The molecular formula is C48H32N6. The molecule has 0 aliphatic rings. The van der Waals surface area contributed by atoms with Crippen LogP contribution in [-0.2, 0) is 0 Å². The summed E-state index contributed by atoms with van der Waals surface area (Å²) in [6.07, 6.45) is 7.24. The van der Waals surface area contributed by atoms with Gasteiger partial charge in [-0.2, -0.15) is 0 Å². The average Bonchev–Trinajstić information content (AvgIpc) is 3.27. The number of hydrogen-bond donors (Lipinski definition) is 0. The van der Waals surface area contributed by atoms with Crippen molar-refractivity contribution in [1.29, 1.82) is 0 Å². The van der Waals surface area contributed by atoms with Crippen LogP contribution in [0.5, 0.6) is 0 Å². The normalized spacial score (nSPS) is 11.0. The van der Waals surface area contributed by atoms with E-state index in [1.165, 1.54) is 5.56 Å². The molecule has 0 atom stereocenters. The maximum atomic E-state index is 4.99. The molecule has 0 aliphatic carbocycles. The van der Waals surface area contributed by atoms with E-state index in [-0.39, 0.29) is 0 Å². The van der Waals surface area contributed by atoms with E-state index in [2.05, 4.69) is 119 Å². The van der Waals surface area contributed by atoms with Gasteiger partial charge in [0.05, 0.1) is 11.4 Å². The van der Waals surface area contributed by atoms with Crippen molar-refractivity contribution in [2.45, 2.75) is 0 Å². The quantitative estimate of drug-likeness (QED) is 0.158. The third-order valence-electron chi connectivity index (χ3n) is 9.33. The van der Waals surface area contributed by atoms with Crippen LogP contribution in [0.2, 0.25) is 0 Å². The Morgan fingerprint density at radius 1 is 0.241 bits per heavy atom. The number of benzene rings is 5. The fourth-order valence-corrected chi connectivity index (χ4v) is 6.50.